The van der Waals surface area contributed by atoms with E-state index in [1.54, 1.807) is 36.4 Å². The zero-order valence-electron chi connectivity index (χ0n) is 17.3. The highest BCUT2D eigenvalue weighted by molar-refractivity contribution is 7.90. The normalized spacial score (nSPS) is 15.5. The molecule has 1 fully saturated rings. The van der Waals surface area contributed by atoms with Gasteiger partial charge in [0, 0.05) is 32.3 Å². The molecule has 1 amide bonds. The second-order valence-corrected chi connectivity index (χ2v) is 11.3. The van der Waals surface area contributed by atoms with Crippen molar-refractivity contribution < 1.29 is 26.4 Å². The van der Waals surface area contributed by atoms with E-state index in [0.717, 1.165) is 17.4 Å². The van der Waals surface area contributed by atoms with Gasteiger partial charge in [0.2, 0.25) is 15.9 Å². The largest absolute Gasteiger partial charge is 0.379 e. The first-order valence-electron chi connectivity index (χ1n) is 9.89. The summed E-state index contributed by atoms with van der Waals surface area (Å²) in [6.45, 7) is 1.80. The number of sulfone groups is 1. The van der Waals surface area contributed by atoms with Crippen molar-refractivity contribution in [1.82, 2.24) is 9.62 Å². The van der Waals surface area contributed by atoms with Gasteiger partial charge in [-0.05, 0) is 41.8 Å². The molecule has 3 rings (SSSR count). The Kier molecular flexibility index (Phi) is 7.47. The number of hydrogen-bond acceptors (Lipinski definition) is 6. The molecule has 8 nitrogen and oxygen atoms in total. The van der Waals surface area contributed by atoms with Crippen LogP contribution in [0, 0.1) is 0 Å². The van der Waals surface area contributed by atoms with Crippen LogP contribution >= 0.6 is 0 Å². The molecule has 2 aromatic rings. The standard InChI is InChI=1S/C21H26N2O6S2/c1-30(25,26)19-7-4-18(5-8-19)16-22-21(24)11-6-17-2-9-20(10-3-17)31(27,28)23-12-14-29-15-13-23/h2-5,7-10H,6,11-16H2,1H3,(H,22,24). The van der Waals surface area contributed by atoms with Gasteiger partial charge in [-0.25, -0.2) is 16.8 Å². The molecule has 1 N–H and O–H groups in total. The van der Waals surface area contributed by atoms with Crippen LogP contribution in [0.1, 0.15) is 17.5 Å². The van der Waals surface area contributed by atoms with Gasteiger partial charge in [0.1, 0.15) is 0 Å². The highest BCUT2D eigenvalue weighted by Gasteiger charge is 2.26. The van der Waals surface area contributed by atoms with E-state index in [9.17, 15) is 21.6 Å². The number of nitrogens with one attached hydrogen (secondary N) is 1. The first kappa shape index (κ1) is 23.4. The Labute approximate surface area is 183 Å². The minimum atomic E-state index is -3.53. The Morgan fingerprint density at radius 1 is 0.903 bits per heavy atom. The number of sulfonamides is 1. The number of hydrogen-bond donors (Lipinski definition) is 1. The molecule has 0 saturated carbocycles. The van der Waals surface area contributed by atoms with Crippen LogP contribution in [-0.4, -0.2) is 59.6 Å². The van der Waals surface area contributed by atoms with Crippen LogP contribution in [0.3, 0.4) is 0 Å². The van der Waals surface area contributed by atoms with Crippen molar-refractivity contribution in [2.75, 3.05) is 32.6 Å². The summed E-state index contributed by atoms with van der Waals surface area (Å²) >= 11 is 0. The number of rotatable bonds is 8. The highest BCUT2D eigenvalue weighted by Crippen LogP contribution is 2.18. The lowest BCUT2D eigenvalue weighted by molar-refractivity contribution is -0.121. The lowest BCUT2D eigenvalue weighted by Gasteiger charge is -2.26. The third-order valence-corrected chi connectivity index (χ3v) is 8.05. The molecule has 0 unspecified atom stereocenters. The number of amides is 1. The molecule has 1 aliphatic heterocycles. The highest BCUT2D eigenvalue weighted by atomic mass is 32.2. The zero-order chi connectivity index (χ0) is 22.5. The van der Waals surface area contributed by atoms with E-state index in [-0.39, 0.29) is 22.1 Å². The minimum absolute atomic E-state index is 0.141. The van der Waals surface area contributed by atoms with Crippen LogP contribution < -0.4 is 5.32 Å². The molecular formula is C21H26N2O6S2. The molecule has 0 atom stereocenters. The summed E-state index contributed by atoms with van der Waals surface area (Å²) in [5.41, 5.74) is 1.67. The van der Waals surface area contributed by atoms with Crippen molar-refractivity contribution in [3.63, 3.8) is 0 Å². The van der Waals surface area contributed by atoms with Crippen molar-refractivity contribution in [2.45, 2.75) is 29.2 Å². The second kappa shape index (κ2) is 9.90. The van der Waals surface area contributed by atoms with E-state index in [4.69, 9.17) is 4.74 Å². The number of ether oxygens (including phenoxy) is 1. The molecule has 1 aliphatic rings. The first-order valence-corrected chi connectivity index (χ1v) is 13.2. The number of nitrogens with zero attached hydrogens (tertiary/aromatic N) is 1. The predicted octanol–water partition coefficient (Wildman–Crippen LogP) is 1.36. The lowest BCUT2D eigenvalue weighted by atomic mass is 10.1. The fraction of sp³-hybridized carbons (Fsp3) is 0.381. The van der Waals surface area contributed by atoms with Gasteiger partial charge in [0.15, 0.2) is 9.84 Å². The van der Waals surface area contributed by atoms with Gasteiger partial charge in [0.25, 0.3) is 0 Å². The first-order chi connectivity index (χ1) is 14.7. The van der Waals surface area contributed by atoms with E-state index in [0.29, 0.717) is 39.3 Å². The third kappa shape index (κ3) is 6.36. The van der Waals surface area contributed by atoms with Gasteiger partial charge < -0.3 is 10.1 Å². The number of aryl methyl sites for hydroxylation is 1. The van der Waals surface area contributed by atoms with Gasteiger partial charge in [-0.3, -0.25) is 4.79 Å². The molecule has 1 saturated heterocycles. The topological polar surface area (TPSA) is 110 Å². The average Bonchev–Trinajstić information content (AvgIpc) is 2.77. The van der Waals surface area contributed by atoms with Crippen LogP contribution in [0.25, 0.3) is 0 Å². The zero-order valence-corrected chi connectivity index (χ0v) is 18.9. The van der Waals surface area contributed by atoms with Crippen LogP contribution in [-0.2, 0) is 42.4 Å². The SMILES string of the molecule is CS(=O)(=O)c1ccc(CNC(=O)CCc2ccc(S(=O)(=O)N3CCOCC3)cc2)cc1. The molecule has 1 heterocycles. The quantitative estimate of drug-likeness (QED) is 0.629. The van der Waals surface area contributed by atoms with Crippen LogP contribution in [0.15, 0.2) is 58.3 Å². The number of carbonyl (C=O) groups excluding carboxylic acids is 1. The molecule has 0 radical (unpaired) electrons. The van der Waals surface area contributed by atoms with E-state index < -0.39 is 19.9 Å². The summed E-state index contributed by atoms with van der Waals surface area (Å²) in [5.74, 6) is -0.141. The molecule has 0 bridgehead atoms. The maximum absolute atomic E-state index is 12.6. The van der Waals surface area contributed by atoms with Crippen LogP contribution in [0.4, 0.5) is 0 Å². The minimum Gasteiger partial charge on any atom is -0.379 e. The molecule has 168 valence electrons. The number of carbonyl (C=O) groups is 1. The Morgan fingerprint density at radius 3 is 2.03 bits per heavy atom. The Balaban J connectivity index is 1.49. The van der Waals surface area contributed by atoms with Gasteiger partial charge in [-0.2, -0.15) is 4.31 Å². The predicted molar refractivity (Wildman–Crippen MR) is 116 cm³/mol. The second-order valence-electron chi connectivity index (χ2n) is 7.35. The van der Waals surface area contributed by atoms with E-state index in [2.05, 4.69) is 5.32 Å². The summed E-state index contributed by atoms with van der Waals surface area (Å²) in [5, 5.41) is 2.80. The van der Waals surface area contributed by atoms with E-state index in [1.165, 1.54) is 16.4 Å². The summed E-state index contributed by atoms with van der Waals surface area (Å²) in [6, 6.07) is 13.0. The third-order valence-electron chi connectivity index (χ3n) is 5.01. The van der Waals surface area contributed by atoms with Crippen LogP contribution in [0.5, 0.6) is 0 Å². The summed E-state index contributed by atoms with van der Waals surface area (Å²) in [6.07, 6.45) is 1.89. The molecule has 2 aromatic carbocycles. The maximum Gasteiger partial charge on any atom is 0.243 e. The van der Waals surface area contributed by atoms with Crippen molar-refractivity contribution in [2.24, 2.45) is 0 Å². The molecule has 0 aliphatic carbocycles. The fourth-order valence-corrected chi connectivity index (χ4v) is 5.20. The lowest BCUT2D eigenvalue weighted by Crippen LogP contribution is -2.40. The van der Waals surface area contributed by atoms with Gasteiger partial charge >= 0.3 is 0 Å². The van der Waals surface area contributed by atoms with Gasteiger partial charge in [-0.1, -0.05) is 24.3 Å². The molecule has 31 heavy (non-hydrogen) atoms. The van der Waals surface area contributed by atoms with Gasteiger partial charge in [-0.15, -0.1) is 0 Å². The average molecular weight is 467 g/mol. The smallest absolute Gasteiger partial charge is 0.243 e. The molecule has 0 aromatic heterocycles. The van der Waals surface area contributed by atoms with E-state index in [1.807, 2.05) is 0 Å². The van der Waals surface area contributed by atoms with Crippen molar-refractivity contribution in [3.05, 3.63) is 59.7 Å². The van der Waals surface area contributed by atoms with Gasteiger partial charge in [0.05, 0.1) is 23.0 Å². The van der Waals surface area contributed by atoms with Crippen LogP contribution in [0.2, 0.25) is 0 Å². The van der Waals surface area contributed by atoms with Crippen molar-refractivity contribution >= 4 is 25.8 Å². The number of morpholine rings is 1. The molecule has 0 spiro atoms. The fourth-order valence-electron chi connectivity index (χ4n) is 3.17. The molecular weight excluding hydrogens is 440 g/mol. The van der Waals surface area contributed by atoms with E-state index >= 15 is 0 Å². The Bertz CT molecular complexity index is 1110. The van der Waals surface area contributed by atoms with Crippen molar-refractivity contribution in [3.8, 4) is 0 Å². The molecule has 10 heteroatoms. The maximum atomic E-state index is 12.6. The summed E-state index contributed by atoms with van der Waals surface area (Å²) < 4.78 is 54.8. The van der Waals surface area contributed by atoms with Crippen molar-refractivity contribution in [1.29, 1.82) is 0 Å². The summed E-state index contributed by atoms with van der Waals surface area (Å²) in [7, 11) is -6.77. The Hall–Kier alpha value is -2.27. The monoisotopic (exact) mass is 466 g/mol. The Morgan fingerprint density at radius 2 is 1.45 bits per heavy atom. The number of benzene rings is 2. The summed E-state index contributed by atoms with van der Waals surface area (Å²) in [4.78, 5) is 12.6.